The summed E-state index contributed by atoms with van der Waals surface area (Å²) < 4.78 is 2.20. The third-order valence-electron chi connectivity index (χ3n) is 6.55. The standard InChI is InChI=1S/C21H29N3O2/c1-3-21(26,4-2)15-11-12-17-18(13-15)24(16-9-6-10-16)20(22-17)23-19(25)14-7-5-8-14/h11-14,16,26H,3-10H2,1-2H3,(H,22,23,25). The van der Waals surface area contributed by atoms with Crippen molar-refractivity contribution in [1.82, 2.24) is 9.55 Å². The number of fused-ring (bicyclic) bond motifs is 1. The van der Waals surface area contributed by atoms with Gasteiger partial charge in [-0.1, -0.05) is 26.3 Å². The molecular formula is C21H29N3O2. The van der Waals surface area contributed by atoms with E-state index in [2.05, 4.69) is 16.0 Å². The number of benzene rings is 1. The summed E-state index contributed by atoms with van der Waals surface area (Å²) in [5.41, 5.74) is 2.04. The summed E-state index contributed by atoms with van der Waals surface area (Å²) >= 11 is 0. The number of anilines is 1. The highest BCUT2D eigenvalue weighted by molar-refractivity contribution is 5.93. The molecule has 1 aromatic carbocycles. The van der Waals surface area contributed by atoms with E-state index in [1.807, 2.05) is 26.0 Å². The second-order valence-corrected chi connectivity index (χ2v) is 7.95. The molecular weight excluding hydrogens is 326 g/mol. The molecule has 0 unspecified atom stereocenters. The maximum Gasteiger partial charge on any atom is 0.229 e. The van der Waals surface area contributed by atoms with Gasteiger partial charge in [-0.05, 0) is 62.6 Å². The Morgan fingerprint density at radius 3 is 2.46 bits per heavy atom. The Bertz CT molecular complexity index is 814. The lowest BCUT2D eigenvalue weighted by Gasteiger charge is -2.31. The number of imidazole rings is 1. The summed E-state index contributed by atoms with van der Waals surface area (Å²) in [5, 5.41) is 14.0. The Kier molecular flexibility index (Phi) is 4.51. The fourth-order valence-corrected chi connectivity index (χ4v) is 4.03. The number of rotatable bonds is 6. The molecule has 1 heterocycles. The van der Waals surface area contributed by atoms with E-state index in [0.29, 0.717) is 24.8 Å². The van der Waals surface area contributed by atoms with Crippen LogP contribution >= 0.6 is 0 Å². The zero-order chi connectivity index (χ0) is 18.3. The lowest BCUT2D eigenvalue weighted by molar-refractivity contribution is -0.122. The molecule has 2 aromatic rings. The highest BCUT2D eigenvalue weighted by Crippen LogP contribution is 2.39. The van der Waals surface area contributed by atoms with Crippen molar-refractivity contribution < 1.29 is 9.90 Å². The molecule has 2 saturated carbocycles. The second kappa shape index (κ2) is 6.69. The van der Waals surface area contributed by atoms with Gasteiger partial charge in [0.1, 0.15) is 0 Å². The minimum atomic E-state index is -0.807. The molecule has 1 amide bonds. The molecule has 2 aliphatic carbocycles. The predicted molar refractivity (Wildman–Crippen MR) is 103 cm³/mol. The molecule has 0 atom stereocenters. The van der Waals surface area contributed by atoms with Crippen LogP contribution in [0.5, 0.6) is 0 Å². The van der Waals surface area contributed by atoms with E-state index in [1.165, 1.54) is 6.42 Å². The fraction of sp³-hybridized carbons (Fsp3) is 0.619. The Morgan fingerprint density at radius 2 is 1.92 bits per heavy atom. The Labute approximate surface area is 154 Å². The molecule has 26 heavy (non-hydrogen) atoms. The predicted octanol–water partition coefficient (Wildman–Crippen LogP) is 4.51. The van der Waals surface area contributed by atoms with E-state index in [4.69, 9.17) is 4.98 Å². The first-order chi connectivity index (χ1) is 12.6. The number of amides is 1. The lowest BCUT2D eigenvalue weighted by atomic mass is 9.85. The van der Waals surface area contributed by atoms with Gasteiger partial charge in [0.25, 0.3) is 0 Å². The van der Waals surface area contributed by atoms with Crippen LogP contribution in [0.25, 0.3) is 11.0 Å². The number of hydrogen-bond acceptors (Lipinski definition) is 3. The van der Waals surface area contributed by atoms with E-state index < -0.39 is 5.60 Å². The maximum atomic E-state index is 12.5. The van der Waals surface area contributed by atoms with Crippen molar-refractivity contribution in [2.45, 2.75) is 76.9 Å². The van der Waals surface area contributed by atoms with Crippen molar-refractivity contribution in [2.75, 3.05) is 5.32 Å². The SMILES string of the molecule is CCC(O)(CC)c1ccc2nc(NC(=O)C3CCC3)n(C3CCC3)c2c1. The van der Waals surface area contributed by atoms with Gasteiger partial charge in [-0.3, -0.25) is 10.1 Å². The molecule has 0 bridgehead atoms. The Morgan fingerprint density at radius 1 is 1.23 bits per heavy atom. The zero-order valence-corrected chi connectivity index (χ0v) is 15.8. The number of aliphatic hydroxyl groups is 1. The Balaban J connectivity index is 1.75. The van der Waals surface area contributed by atoms with E-state index in [9.17, 15) is 9.90 Å². The summed E-state index contributed by atoms with van der Waals surface area (Å²) in [7, 11) is 0. The summed E-state index contributed by atoms with van der Waals surface area (Å²) in [6.07, 6.45) is 7.93. The first-order valence-electron chi connectivity index (χ1n) is 10.1. The quantitative estimate of drug-likeness (QED) is 0.801. The fourth-order valence-electron chi connectivity index (χ4n) is 4.03. The first-order valence-corrected chi connectivity index (χ1v) is 10.1. The van der Waals surface area contributed by atoms with E-state index >= 15 is 0 Å². The van der Waals surface area contributed by atoms with Crippen LogP contribution in [0.1, 0.15) is 76.8 Å². The van der Waals surface area contributed by atoms with Crippen molar-refractivity contribution >= 4 is 22.9 Å². The zero-order valence-electron chi connectivity index (χ0n) is 15.8. The van der Waals surface area contributed by atoms with Crippen LogP contribution in [0.3, 0.4) is 0 Å². The molecule has 0 saturated heterocycles. The van der Waals surface area contributed by atoms with Gasteiger partial charge in [0, 0.05) is 12.0 Å². The molecule has 140 valence electrons. The highest BCUT2D eigenvalue weighted by atomic mass is 16.3. The summed E-state index contributed by atoms with van der Waals surface area (Å²) in [4.78, 5) is 17.2. The average molecular weight is 355 g/mol. The van der Waals surface area contributed by atoms with Crippen molar-refractivity contribution in [2.24, 2.45) is 5.92 Å². The Hall–Kier alpha value is -1.88. The van der Waals surface area contributed by atoms with Crippen molar-refractivity contribution in [3.8, 4) is 0 Å². The third-order valence-corrected chi connectivity index (χ3v) is 6.55. The number of carbonyl (C=O) groups excluding carboxylic acids is 1. The minimum Gasteiger partial charge on any atom is -0.385 e. The number of nitrogens with zero attached hydrogens (tertiary/aromatic N) is 2. The van der Waals surface area contributed by atoms with Crippen LogP contribution < -0.4 is 5.32 Å². The van der Waals surface area contributed by atoms with Gasteiger partial charge in [-0.15, -0.1) is 0 Å². The normalized spacial score (nSPS) is 18.6. The van der Waals surface area contributed by atoms with Crippen LogP contribution in [-0.4, -0.2) is 20.6 Å². The van der Waals surface area contributed by atoms with Crippen LogP contribution in [0.4, 0.5) is 5.95 Å². The first kappa shape index (κ1) is 17.5. The number of aromatic nitrogens is 2. The topological polar surface area (TPSA) is 67.2 Å². The summed E-state index contributed by atoms with van der Waals surface area (Å²) in [5.74, 6) is 0.923. The van der Waals surface area contributed by atoms with E-state index in [1.54, 1.807) is 0 Å². The van der Waals surface area contributed by atoms with Gasteiger partial charge in [0.2, 0.25) is 11.9 Å². The minimum absolute atomic E-state index is 0.103. The molecule has 2 aliphatic rings. The summed E-state index contributed by atoms with van der Waals surface area (Å²) in [6, 6.07) is 6.43. The molecule has 5 heteroatoms. The number of nitrogens with one attached hydrogen (secondary N) is 1. The van der Waals surface area contributed by atoms with Gasteiger partial charge < -0.3 is 9.67 Å². The maximum absolute atomic E-state index is 12.5. The van der Waals surface area contributed by atoms with Crippen LogP contribution in [0.15, 0.2) is 18.2 Å². The van der Waals surface area contributed by atoms with Crippen LogP contribution in [-0.2, 0) is 10.4 Å². The molecule has 1 aromatic heterocycles. The molecule has 2 fully saturated rings. The van der Waals surface area contributed by atoms with Gasteiger partial charge in [-0.25, -0.2) is 4.98 Å². The molecule has 0 spiro atoms. The van der Waals surface area contributed by atoms with Crippen molar-refractivity contribution in [1.29, 1.82) is 0 Å². The highest BCUT2D eigenvalue weighted by Gasteiger charge is 2.31. The van der Waals surface area contributed by atoms with Gasteiger partial charge in [0.15, 0.2) is 0 Å². The largest absolute Gasteiger partial charge is 0.385 e. The van der Waals surface area contributed by atoms with Crippen LogP contribution in [0.2, 0.25) is 0 Å². The van der Waals surface area contributed by atoms with Gasteiger partial charge in [0.05, 0.1) is 16.6 Å². The van der Waals surface area contributed by atoms with Gasteiger partial charge >= 0.3 is 0 Å². The third kappa shape index (κ3) is 2.82. The molecule has 0 aliphatic heterocycles. The second-order valence-electron chi connectivity index (χ2n) is 7.95. The molecule has 0 radical (unpaired) electrons. The molecule has 4 rings (SSSR count). The van der Waals surface area contributed by atoms with Crippen LogP contribution in [0, 0.1) is 5.92 Å². The number of carbonyl (C=O) groups is 1. The van der Waals surface area contributed by atoms with Crippen molar-refractivity contribution in [3.63, 3.8) is 0 Å². The average Bonchev–Trinajstić information content (AvgIpc) is 2.88. The molecule has 5 nitrogen and oxygen atoms in total. The lowest BCUT2D eigenvalue weighted by Crippen LogP contribution is -2.30. The monoisotopic (exact) mass is 355 g/mol. The van der Waals surface area contributed by atoms with E-state index in [0.717, 1.165) is 48.7 Å². The van der Waals surface area contributed by atoms with Crippen molar-refractivity contribution in [3.05, 3.63) is 23.8 Å². The van der Waals surface area contributed by atoms with E-state index in [-0.39, 0.29) is 11.8 Å². The summed E-state index contributed by atoms with van der Waals surface area (Å²) in [6.45, 7) is 4.03. The smallest absolute Gasteiger partial charge is 0.229 e. The molecule has 2 N–H and O–H groups in total. The number of hydrogen-bond donors (Lipinski definition) is 2. The van der Waals surface area contributed by atoms with Gasteiger partial charge in [-0.2, -0.15) is 0 Å².